The van der Waals surface area contributed by atoms with E-state index in [9.17, 15) is 23.3 Å². The Morgan fingerprint density at radius 2 is 1.74 bits per heavy atom. The van der Waals surface area contributed by atoms with Gasteiger partial charge in [-0.3, -0.25) is 19.2 Å². The lowest BCUT2D eigenvalue weighted by Crippen LogP contribution is -2.45. The molecule has 1 aliphatic heterocycles. The Morgan fingerprint density at radius 3 is 2.47 bits per heavy atom. The van der Waals surface area contributed by atoms with Gasteiger partial charge in [0, 0.05) is 12.1 Å². The highest BCUT2D eigenvalue weighted by atomic mass is 32.2. The summed E-state index contributed by atoms with van der Waals surface area (Å²) in [5, 5.41) is 13.9. The molecule has 1 atom stereocenters. The molecule has 34 heavy (non-hydrogen) atoms. The quantitative estimate of drug-likeness (QED) is 0.385. The van der Waals surface area contributed by atoms with Gasteiger partial charge in [-0.25, -0.2) is 8.42 Å². The van der Waals surface area contributed by atoms with Crippen LogP contribution in [-0.2, 0) is 14.8 Å². The Labute approximate surface area is 195 Å². The summed E-state index contributed by atoms with van der Waals surface area (Å²) in [7, 11) is -4.18. The van der Waals surface area contributed by atoms with Gasteiger partial charge >= 0.3 is 0 Å². The number of nitro benzene ring substituents is 1. The van der Waals surface area contributed by atoms with Crippen LogP contribution < -0.4 is 19.1 Å². The van der Waals surface area contributed by atoms with Crippen LogP contribution in [-0.4, -0.2) is 45.0 Å². The van der Waals surface area contributed by atoms with E-state index >= 15 is 0 Å². The summed E-state index contributed by atoms with van der Waals surface area (Å²) in [5.74, 6) is 0.558. The van der Waals surface area contributed by atoms with Crippen LogP contribution in [0.5, 0.6) is 11.5 Å². The molecule has 0 saturated heterocycles. The Bertz CT molecular complexity index is 1300. The topological polar surface area (TPSA) is 128 Å². The molecule has 3 aromatic carbocycles. The zero-order chi connectivity index (χ0) is 24.1. The molecule has 0 radical (unpaired) electrons. The minimum Gasteiger partial charge on any atom is -0.486 e. The standard InChI is InChI=1S/C23H21N3O7S/c27-23(24-14-19-16-32-21-11-4-5-12-22(21)33-19)15-25(17-7-6-8-18(13-17)26(28)29)34(30,31)20-9-2-1-3-10-20/h1-13,19H,14-16H2,(H,24,27). The van der Waals surface area contributed by atoms with E-state index in [4.69, 9.17) is 9.47 Å². The van der Waals surface area contributed by atoms with Crippen LogP contribution in [0.1, 0.15) is 0 Å². The number of hydrogen-bond donors (Lipinski definition) is 1. The summed E-state index contributed by atoms with van der Waals surface area (Å²) in [6.45, 7) is -0.280. The highest BCUT2D eigenvalue weighted by molar-refractivity contribution is 7.92. The zero-order valence-electron chi connectivity index (χ0n) is 17.9. The second-order valence-corrected chi connectivity index (χ2v) is 9.27. The van der Waals surface area contributed by atoms with Gasteiger partial charge < -0.3 is 14.8 Å². The molecule has 0 saturated carbocycles. The molecular weight excluding hydrogens is 462 g/mol. The van der Waals surface area contributed by atoms with Crippen molar-refractivity contribution in [3.63, 3.8) is 0 Å². The molecule has 1 heterocycles. The number of anilines is 1. The molecule has 0 spiro atoms. The summed E-state index contributed by atoms with van der Waals surface area (Å²) < 4.78 is 38.9. The van der Waals surface area contributed by atoms with Crippen molar-refractivity contribution < 1.29 is 27.6 Å². The average Bonchev–Trinajstić information content (AvgIpc) is 2.86. The first-order valence-corrected chi connectivity index (χ1v) is 11.8. The smallest absolute Gasteiger partial charge is 0.271 e. The lowest BCUT2D eigenvalue weighted by Gasteiger charge is -2.27. The number of nitro groups is 1. The van der Waals surface area contributed by atoms with Gasteiger partial charge in [-0.05, 0) is 30.3 Å². The number of carbonyl (C=O) groups excluding carboxylic acids is 1. The first-order chi connectivity index (χ1) is 16.3. The van der Waals surface area contributed by atoms with Crippen molar-refractivity contribution >= 4 is 27.3 Å². The van der Waals surface area contributed by atoms with E-state index in [0.717, 1.165) is 10.4 Å². The Hall–Kier alpha value is -4.12. The molecule has 0 bridgehead atoms. The number of amides is 1. The molecule has 3 aromatic rings. The fourth-order valence-corrected chi connectivity index (χ4v) is 4.81. The maximum atomic E-state index is 13.3. The molecule has 1 amide bonds. The van der Waals surface area contributed by atoms with Crippen molar-refractivity contribution in [3.8, 4) is 11.5 Å². The van der Waals surface area contributed by atoms with Gasteiger partial charge in [-0.15, -0.1) is 0 Å². The van der Waals surface area contributed by atoms with Crippen molar-refractivity contribution in [1.29, 1.82) is 0 Å². The van der Waals surface area contributed by atoms with Crippen LogP contribution in [0.4, 0.5) is 11.4 Å². The van der Waals surface area contributed by atoms with E-state index in [1.54, 1.807) is 36.4 Å². The number of nitrogens with one attached hydrogen (secondary N) is 1. The van der Waals surface area contributed by atoms with E-state index in [0.29, 0.717) is 11.5 Å². The second-order valence-electron chi connectivity index (χ2n) is 7.40. The third kappa shape index (κ3) is 5.09. The number of sulfonamides is 1. The number of non-ortho nitro benzene ring substituents is 1. The molecule has 0 aromatic heterocycles. The lowest BCUT2D eigenvalue weighted by atomic mass is 10.2. The first kappa shape index (κ1) is 23.1. The van der Waals surface area contributed by atoms with E-state index in [2.05, 4.69) is 5.32 Å². The molecule has 11 heteroatoms. The summed E-state index contributed by atoms with van der Waals surface area (Å²) in [4.78, 5) is 23.3. The van der Waals surface area contributed by atoms with Crippen molar-refractivity contribution in [2.45, 2.75) is 11.0 Å². The fraction of sp³-hybridized carbons (Fsp3) is 0.174. The Kier molecular flexibility index (Phi) is 6.64. The van der Waals surface area contributed by atoms with Crippen LogP contribution in [0.3, 0.4) is 0 Å². The van der Waals surface area contributed by atoms with Crippen molar-refractivity contribution in [1.82, 2.24) is 5.32 Å². The van der Waals surface area contributed by atoms with Gasteiger partial charge in [-0.1, -0.05) is 36.4 Å². The highest BCUT2D eigenvalue weighted by Gasteiger charge is 2.29. The number of nitrogens with zero attached hydrogens (tertiary/aromatic N) is 2. The van der Waals surface area contributed by atoms with Gasteiger partial charge in [0.15, 0.2) is 11.5 Å². The predicted molar refractivity (Wildman–Crippen MR) is 123 cm³/mol. The van der Waals surface area contributed by atoms with Gasteiger partial charge in [0.25, 0.3) is 15.7 Å². The number of benzene rings is 3. The Morgan fingerprint density at radius 1 is 1.03 bits per heavy atom. The van der Waals surface area contributed by atoms with Crippen LogP contribution in [0.15, 0.2) is 83.8 Å². The molecule has 10 nitrogen and oxygen atoms in total. The van der Waals surface area contributed by atoms with Gasteiger partial charge in [0.2, 0.25) is 5.91 Å². The van der Waals surface area contributed by atoms with Gasteiger partial charge in [-0.2, -0.15) is 0 Å². The number of ether oxygens (including phenoxy) is 2. The predicted octanol–water partition coefficient (Wildman–Crippen LogP) is 2.75. The Balaban J connectivity index is 1.52. The summed E-state index contributed by atoms with van der Waals surface area (Å²) in [6.07, 6.45) is -0.462. The van der Waals surface area contributed by atoms with Crippen LogP contribution in [0.2, 0.25) is 0 Å². The summed E-state index contributed by atoms with van der Waals surface area (Å²) in [6, 6.07) is 19.8. The third-order valence-electron chi connectivity index (χ3n) is 5.04. The lowest BCUT2D eigenvalue weighted by molar-refractivity contribution is -0.384. The molecular formula is C23H21N3O7S. The third-order valence-corrected chi connectivity index (χ3v) is 6.83. The first-order valence-electron chi connectivity index (χ1n) is 10.3. The number of hydrogen-bond acceptors (Lipinski definition) is 7. The largest absolute Gasteiger partial charge is 0.486 e. The fourth-order valence-electron chi connectivity index (χ4n) is 3.37. The monoisotopic (exact) mass is 483 g/mol. The molecule has 1 aliphatic rings. The number of fused-ring (bicyclic) bond motifs is 1. The van der Waals surface area contributed by atoms with E-state index < -0.39 is 33.5 Å². The van der Waals surface area contributed by atoms with Crippen LogP contribution in [0.25, 0.3) is 0 Å². The number of carbonyl (C=O) groups is 1. The van der Waals surface area contributed by atoms with E-state index in [1.807, 2.05) is 6.07 Å². The van der Waals surface area contributed by atoms with E-state index in [1.165, 1.54) is 30.3 Å². The zero-order valence-corrected chi connectivity index (χ0v) is 18.7. The highest BCUT2D eigenvalue weighted by Crippen LogP contribution is 2.31. The maximum Gasteiger partial charge on any atom is 0.271 e. The van der Waals surface area contributed by atoms with Crippen LogP contribution >= 0.6 is 0 Å². The summed E-state index contributed by atoms with van der Waals surface area (Å²) in [5.41, 5.74) is -0.294. The molecule has 1 N–H and O–H groups in total. The summed E-state index contributed by atoms with van der Waals surface area (Å²) >= 11 is 0. The molecule has 0 fully saturated rings. The van der Waals surface area contributed by atoms with Crippen molar-refractivity contribution in [2.24, 2.45) is 0 Å². The molecule has 176 valence electrons. The van der Waals surface area contributed by atoms with Gasteiger partial charge in [0.1, 0.15) is 19.3 Å². The van der Waals surface area contributed by atoms with Crippen molar-refractivity contribution in [2.75, 3.05) is 24.0 Å². The van der Waals surface area contributed by atoms with Gasteiger partial charge in [0.05, 0.1) is 22.1 Å². The van der Waals surface area contributed by atoms with Crippen LogP contribution in [0, 0.1) is 10.1 Å². The SMILES string of the molecule is O=C(CN(c1cccc([N+](=O)[O-])c1)S(=O)(=O)c1ccccc1)NCC1COc2ccccc2O1. The normalized spacial score (nSPS) is 14.8. The average molecular weight is 484 g/mol. The molecule has 0 aliphatic carbocycles. The second kappa shape index (κ2) is 9.79. The minimum absolute atomic E-state index is 0.000574. The van der Waals surface area contributed by atoms with Crippen molar-refractivity contribution in [3.05, 3.63) is 89.0 Å². The molecule has 4 rings (SSSR count). The minimum atomic E-state index is -4.18. The number of rotatable bonds is 8. The van der Waals surface area contributed by atoms with E-state index in [-0.39, 0.29) is 29.4 Å². The maximum absolute atomic E-state index is 13.3. The molecule has 1 unspecified atom stereocenters. The number of para-hydroxylation sites is 2.